The molecule has 0 spiro atoms. The highest BCUT2D eigenvalue weighted by atomic mass is 32.1. The molecule has 2 heterocycles. The van der Waals surface area contributed by atoms with E-state index in [1.807, 2.05) is 16.8 Å². The topological polar surface area (TPSA) is 48.1 Å². The lowest BCUT2D eigenvalue weighted by atomic mass is 10.2. The minimum atomic E-state index is 0.498. The smallest absolute Gasteiger partial charge is 0.199 e. The fourth-order valence-corrected chi connectivity index (χ4v) is 2.98. The third-order valence-electron chi connectivity index (χ3n) is 3.98. The summed E-state index contributed by atoms with van der Waals surface area (Å²) in [5.41, 5.74) is 1.07. The van der Waals surface area contributed by atoms with Gasteiger partial charge >= 0.3 is 0 Å². The number of hydrogen-bond donors (Lipinski definition) is 0. The summed E-state index contributed by atoms with van der Waals surface area (Å²) in [6.07, 6.45) is 6.96. The van der Waals surface area contributed by atoms with Crippen molar-refractivity contribution in [2.24, 2.45) is 0 Å². The van der Waals surface area contributed by atoms with Crippen LogP contribution in [0.5, 0.6) is 0 Å². The van der Waals surface area contributed by atoms with Gasteiger partial charge in [0.2, 0.25) is 0 Å². The van der Waals surface area contributed by atoms with E-state index in [0.29, 0.717) is 12.7 Å². The van der Waals surface area contributed by atoms with Gasteiger partial charge in [-0.1, -0.05) is 0 Å². The van der Waals surface area contributed by atoms with E-state index in [0.717, 1.165) is 35.7 Å². The molecule has 1 fully saturated rings. The molecule has 124 valence electrons. The van der Waals surface area contributed by atoms with Crippen molar-refractivity contribution >= 4 is 12.2 Å². The molecular weight excluding hydrogens is 310 g/mol. The average molecular weight is 333 g/mol. The number of pyridine rings is 1. The van der Waals surface area contributed by atoms with E-state index in [-0.39, 0.29) is 0 Å². The molecule has 2 aromatic heterocycles. The van der Waals surface area contributed by atoms with Crippen LogP contribution in [0.2, 0.25) is 0 Å². The molecule has 0 unspecified atom stereocenters. The Morgan fingerprint density at radius 2 is 2.09 bits per heavy atom. The molecule has 0 atom stereocenters. The van der Waals surface area contributed by atoms with Crippen molar-refractivity contribution in [1.29, 1.82) is 0 Å². The predicted molar refractivity (Wildman–Crippen MR) is 91.7 cm³/mol. The fraction of sp³-hybridized carbons (Fsp3) is 0.562. The molecule has 1 aliphatic carbocycles. The van der Waals surface area contributed by atoms with Gasteiger partial charge in [0.05, 0.1) is 6.67 Å². The lowest BCUT2D eigenvalue weighted by molar-refractivity contribution is 0.168. The van der Waals surface area contributed by atoms with Crippen molar-refractivity contribution in [3.05, 3.63) is 29.3 Å². The van der Waals surface area contributed by atoms with Crippen molar-refractivity contribution in [1.82, 2.24) is 24.2 Å². The molecule has 0 aromatic carbocycles. The van der Waals surface area contributed by atoms with E-state index in [1.165, 1.54) is 12.8 Å². The van der Waals surface area contributed by atoms with Gasteiger partial charge in [-0.15, -0.1) is 0 Å². The molecule has 1 aliphatic rings. The van der Waals surface area contributed by atoms with Crippen LogP contribution < -0.4 is 0 Å². The summed E-state index contributed by atoms with van der Waals surface area (Å²) in [6, 6.07) is 4.48. The summed E-state index contributed by atoms with van der Waals surface area (Å²) < 4.78 is 10.0. The summed E-state index contributed by atoms with van der Waals surface area (Å²) in [5.74, 6) is 0.949. The Morgan fingerprint density at radius 3 is 2.74 bits per heavy atom. The van der Waals surface area contributed by atoms with Gasteiger partial charge < -0.3 is 4.74 Å². The van der Waals surface area contributed by atoms with Crippen molar-refractivity contribution in [2.45, 2.75) is 32.0 Å². The summed E-state index contributed by atoms with van der Waals surface area (Å²) in [4.78, 5) is 6.31. The molecule has 2 aromatic rings. The van der Waals surface area contributed by atoms with Crippen molar-refractivity contribution in [3.63, 3.8) is 0 Å². The first-order valence-electron chi connectivity index (χ1n) is 7.98. The van der Waals surface area contributed by atoms with Gasteiger partial charge in [0.25, 0.3) is 0 Å². The first kappa shape index (κ1) is 16.3. The van der Waals surface area contributed by atoms with E-state index < -0.39 is 0 Å². The molecule has 7 heteroatoms. The molecule has 0 radical (unpaired) electrons. The van der Waals surface area contributed by atoms with Crippen molar-refractivity contribution in [2.75, 3.05) is 27.3 Å². The van der Waals surface area contributed by atoms with Gasteiger partial charge in [0.15, 0.2) is 10.6 Å². The Morgan fingerprint density at radius 1 is 1.35 bits per heavy atom. The quantitative estimate of drug-likeness (QED) is 0.549. The number of aromatic nitrogens is 4. The maximum atomic E-state index is 5.68. The van der Waals surface area contributed by atoms with Gasteiger partial charge in [0.1, 0.15) is 0 Å². The molecule has 3 rings (SSSR count). The van der Waals surface area contributed by atoms with Crippen LogP contribution in [0.1, 0.15) is 25.3 Å². The first-order chi connectivity index (χ1) is 11.2. The van der Waals surface area contributed by atoms with Crippen LogP contribution in [0.15, 0.2) is 24.5 Å². The number of hydrogen-bond acceptors (Lipinski definition) is 5. The SMILES string of the molecule is COCCCN(C)Cn1nc(-c2ccncc2)n(C2CC2)c1=S. The zero-order chi connectivity index (χ0) is 16.2. The lowest BCUT2D eigenvalue weighted by Gasteiger charge is -2.15. The third-order valence-corrected chi connectivity index (χ3v) is 4.39. The zero-order valence-corrected chi connectivity index (χ0v) is 14.5. The predicted octanol–water partition coefficient (Wildman–Crippen LogP) is 2.74. The Balaban J connectivity index is 1.83. The zero-order valence-electron chi connectivity index (χ0n) is 13.7. The van der Waals surface area contributed by atoms with Crippen LogP contribution in [-0.4, -0.2) is 51.5 Å². The fourth-order valence-electron chi connectivity index (χ4n) is 2.65. The first-order valence-corrected chi connectivity index (χ1v) is 8.38. The van der Waals surface area contributed by atoms with Gasteiger partial charge in [0, 0.05) is 44.3 Å². The molecular formula is C16H23N5OS. The van der Waals surface area contributed by atoms with Gasteiger partial charge in [-0.2, -0.15) is 5.10 Å². The van der Waals surface area contributed by atoms with Crippen LogP contribution in [0.4, 0.5) is 0 Å². The lowest BCUT2D eigenvalue weighted by Crippen LogP contribution is -2.24. The molecule has 6 nitrogen and oxygen atoms in total. The van der Waals surface area contributed by atoms with Gasteiger partial charge in [-0.05, 0) is 50.7 Å². The van der Waals surface area contributed by atoms with E-state index in [2.05, 4.69) is 21.5 Å². The molecule has 1 saturated carbocycles. The van der Waals surface area contributed by atoms with Crippen LogP contribution in [0.25, 0.3) is 11.4 Å². The Hall–Kier alpha value is -1.57. The summed E-state index contributed by atoms with van der Waals surface area (Å²) in [7, 11) is 3.81. The Labute approximate surface area is 141 Å². The van der Waals surface area contributed by atoms with Gasteiger partial charge in [-0.25, -0.2) is 4.68 Å². The van der Waals surface area contributed by atoms with Crippen LogP contribution in [0, 0.1) is 4.77 Å². The third kappa shape index (κ3) is 3.85. The summed E-state index contributed by atoms with van der Waals surface area (Å²) in [6.45, 7) is 2.42. The van der Waals surface area contributed by atoms with Crippen molar-refractivity contribution in [3.8, 4) is 11.4 Å². The van der Waals surface area contributed by atoms with E-state index >= 15 is 0 Å². The molecule has 23 heavy (non-hydrogen) atoms. The molecule has 0 aliphatic heterocycles. The van der Waals surface area contributed by atoms with E-state index in [1.54, 1.807) is 19.5 Å². The van der Waals surface area contributed by atoms with Gasteiger partial charge in [-0.3, -0.25) is 14.5 Å². The highest BCUT2D eigenvalue weighted by molar-refractivity contribution is 7.71. The number of ether oxygens (including phenoxy) is 1. The normalized spacial score (nSPS) is 14.6. The summed E-state index contributed by atoms with van der Waals surface area (Å²) in [5, 5.41) is 4.78. The van der Waals surface area contributed by atoms with Crippen LogP contribution in [0.3, 0.4) is 0 Å². The molecule has 0 amide bonds. The van der Waals surface area contributed by atoms with E-state index in [9.17, 15) is 0 Å². The average Bonchev–Trinajstić information content (AvgIpc) is 3.34. The number of nitrogens with zero attached hydrogens (tertiary/aromatic N) is 5. The Kier molecular flexibility index (Phi) is 5.20. The second-order valence-corrected chi connectivity index (χ2v) is 6.38. The second-order valence-electron chi connectivity index (χ2n) is 6.01. The largest absolute Gasteiger partial charge is 0.385 e. The molecule has 0 N–H and O–H groups in total. The second kappa shape index (κ2) is 7.33. The Bertz CT molecular complexity index is 692. The van der Waals surface area contributed by atoms with Crippen LogP contribution >= 0.6 is 12.2 Å². The standard InChI is InChI=1S/C16H23N5OS/c1-19(10-3-11-22-2)12-20-16(23)21(14-4-5-14)15(18-20)13-6-8-17-9-7-13/h6-9,14H,3-5,10-12H2,1-2H3. The minimum absolute atomic E-state index is 0.498. The minimum Gasteiger partial charge on any atom is -0.385 e. The number of rotatable bonds is 8. The van der Waals surface area contributed by atoms with Crippen molar-refractivity contribution < 1.29 is 4.74 Å². The number of methoxy groups -OCH3 is 1. The highest BCUT2D eigenvalue weighted by Gasteiger charge is 2.29. The summed E-state index contributed by atoms with van der Waals surface area (Å²) >= 11 is 5.68. The monoisotopic (exact) mass is 333 g/mol. The maximum Gasteiger partial charge on any atom is 0.199 e. The highest BCUT2D eigenvalue weighted by Crippen LogP contribution is 2.38. The van der Waals surface area contributed by atoms with E-state index in [4.69, 9.17) is 22.1 Å². The molecule has 0 saturated heterocycles. The maximum absolute atomic E-state index is 5.68. The molecule has 0 bridgehead atoms. The van der Waals surface area contributed by atoms with Crippen LogP contribution in [-0.2, 0) is 11.4 Å².